The predicted octanol–water partition coefficient (Wildman–Crippen LogP) is 1.85. The Morgan fingerprint density at radius 2 is 2.29 bits per heavy atom. The molecular weight excluding hydrogens is 292 g/mol. The molecule has 1 aromatic rings. The first-order chi connectivity index (χ1) is 10.2. The second-order valence-corrected chi connectivity index (χ2v) is 5.73. The summed E-state index contributed by atoms with van der Waals surface area (Å²) in [5.74, 6) is -0.590. The van der Waals surface area contributed by atoms with Gasteiger partial charge < -0.3 is 9.47 Å². The monoisotopic (exact) mass is 312 g/mol. The van der Waals surface area contributed by atoms with Crippen molar-refractivity contribution in [3.63, 3.8) is 0 Å². The summed E-state index contributed by atoms with van der Waals surface area (Å²) in [5, 5.41) is 2.20. The zero-order valence-electron chi connectivity index (χ0n) is 12.3. The number of carbonyl (C=O) groups is 2. The average Bonchev–Trinajstić information content (AvgIpc) is 2.96. The minimum atomic E-state index is -0.392. The Hall–Kier alpha value is -1.47. The molecule has 0 amide bonds. The predicted molar refractivity (Wildman–Crippen MR) is 78.1 cm³/mol. The van der Waals surface area contributed by atoms with E-state index in [0.717, 1.165) is 31.5 Å². The highest BCUT2D eigenvalue weighted by Crippen LogP contribution is 2.21. The number of thiazole rings is 1. The molecule has 0 N–H and O–H groups in total. The van der Waals surface area contributed by atoms with E-state index in [4.69, 9.17) is 9.47 Å². The lowest BCUT2D eigenvalue weighted by Crippen LogP contribution is -2.44. The number of carbonyl (C=O) groups excluding carboxylic acids is 2. The minimum absolute atomic E-state index is 0.199. The maximum atomic E-state index is 11.8. The van der Waals surface area contributed by atoms with Crippen LogP contribution in [-0.2, 0) is 20.8 Å². The third-order valence-corrected chi connectivity index (χ3v) is 4.32. The maximum absolute atomic E-state index is 11.8. The van der Waals surface area contributed by atoms with Crippen LogP contribution in [0, 0.1) is 0 Å². The van der Waals surface area contributed by atoms with Crippen molar-refractivity contribution < 1.29 is 19.1 Å². The van der Waals surface area contributed by atoms with E-state index in [-0.39, 0.29) is 12.0 Å². The molecular formula is C14H20N2O4S. The van der Waals surface area contributed by atoms with Gasteiger partial charge in [-0.25, -0.2) is 9.78 Å². The van der Waals surface area contributed by atoms with Crippen LogP contribution in [0.2, 0.25) is 0 Å². The molecule has 21 heavy (non-hydrogen) atoms. The Kier molecular flexibility index (Phi) is 5.69. The van der Waals surface area contributed by atoms with Crippen molar-refractivity contribution in [3.05, 3.63) is 16.1 Å². The fourth-order valence-corrected chi connectivity index (χ4v) is 3.16. The van der Waals surface area contributed by atoms with Crippen LogP contribution < -0.4 is 0 Å². The van der Waals surface area contributed by atoms with Crippen LogP contribution in [0.25, 0.3) is 0 Å². The number of methoxy groups -OCH3 is 1. The van der Waals surface area contributed by atoms with Gasteiger partial charge in [-0.1, -0.05) is 6.42 Å². The molecule has 6 nitrogen and oxygen atoms in total. The second kappa shape index (κ2) is 7.51. The summed E-state index contributed by atoms with van der Waals surface area (Å²) in [5.41, 5.74) is 0.791. The Morgan fingerprint density at radius 1 is 1.48 bits per heavy atom. The van der Waals surface area contributed by atoms with E-state index in [1.165, 1.54) is 18.4 Å². The molecule has 1 aromatic heterocycles. The van der Waals surface area contributed by atoms with Crippen molar-refractivity contribution in [3.8, 4) is 0 Å². The SMILES string of the molecule is CCOC(=O)c1nc(CN2CCCC[C@@H]2C(=O)OC)cs1. The van der Waals surface area contributed by atoms with E-state index in [0.29, 0.717) is 18.2 Å². The summed E-state index contributed by atoms with van der Waals surface area (Å²) < 4.78 is 9.79. The van der Waals surface area contributed by atoms with Crippen LogP contribution in [0.3, 0.4) is 0 Å². The van der Waals surface area contributed by atoms with Crippen LogP contribution in [0.15, 0.2) is 5.38 Å². The van der Waals surface area contributed by atoms with Crippen molar-refractivity contribution in [1.82, 2.24) is 9.88 Å². The molecule has 0 spiro atoms. The van der Waals surface area contributed by atoms with Crippen molar-refractivity contribution in [1.29, 1.82) is 0 Å². The van der Waals surface area contributed by atoms with E-state index < -0.39 is 5.97 Å². The molecule has 1 aliphatic heterocycles. The molecule has 0 aromatic carbocycles. The normalized spacial score (nSPS) is 19.2. The van der Waals surface area contributed by atoms with Gasteiger partial charge in [0.15, 0.2) is 0 Å². The molecule has 0 saturated carbocycles. The lowest BCUT2D eigenvalue weighted by Gasteiger charge is -2.33. The summed E-state index contributed by atoms with van der Waals surface area (Å²) in [7, 11) is 1.41. The summed E-state index contributed by atoms with van der Waals surface area (Å²) in [6.45, 7) is 3.49. The Labute approximate surface area is 128 Å². The highest BCUT2D eigenvalue weighted by Gasteiger charge is 2.30. The van der Waals surface area contributed by atoms with Gasteiger partial charge >= 0.3 is 11.9 Å². The number of ether oxygens (including phenoxy) is 2. The first-order valence-corrected chi connectivity index (χ1v) is 7.97. The van der Waals surface area contributed by atoms with Gasteiger partial charge in [0, 0.05) is 11.9 Å². The largest absolute Gasteiger partial charge is 0.468 e. The van der Waals surface area contributed by atoms with Gasteiger partial charge in [-0.2, -0.15) is 0 Å². The van der Waals surface area contributed by atoms with Crippen molar-refractivity contribution in [2.75, 3.05) is 20.3 Å². The minimum Gasteiger partial charge on any atom is -0.468 e. The lowest BCUT2D eigenvalue weighted by atomic mass is 10.0. The molecule has 1 atom stereocenters. The average molecular weight is 312 g/mol. The molecule has 1 fully saturated rings. The Bertz CT molecular complexity index is 503. The highest BCUT2D eigenvalue weighted by atomic mass is 32.1. The number of hydrogen-bond donors (Lipinski definition) is 0. The smallest absolute Gasteiger partial charge is 0.367 e. The van der Waals surface area contributed by atoms with Gasteiger partial charge in [0.25, 0.3) is 0 Å². The molecule has 116 valence electrons. The summed E-state index contributed by atoms with van der Waals surface area (Å²) >= 11 is 1.27. The van der Waals surface area contributed by atoms with Gasteiger partial charge in [0.05, 0.1) is 19.4 Å². The van der Waals surface area contributed by atoms with Gasteiger partial charge in [-0.05, 0) is 26.3 Å². The van der Waals surface area contributed by atoms with E-state index in [1.807, 2.05) is 5.38 Å². The molecule has 1 aliphatic rings. The lowest BCUT2D eigenvalue weighted by molar-refractivity contribution is -0.148. The third-order valence-electron chi connectivity index (χ3n) is 3.45. The first kappa shape index (κ1) is 15.9. The van der Waals surface area contributed by atoms with Crippen molar-refractivity contribution in [2.24, 2.45) is 0 Å². The Balaban J connectivity index is 2.02. The van der Waals surface area contributed by atoms with E-state index in [9.17, 15) is 9.59 Å². The number of hydrogen-bond acceptors (Lipinski definition) is 7. The zero-order valence-corrected chi connectivity index (χ0v) is 13.1. The van der Waals surface area contributed by atoms with Gasteiger partial charge in [0.1, 0.15) is 6.04 Å². The van der Waals surface area contributed by atoms with Crippen LogP contribution >= 0.6 is 11.3 Å². The standard InChI is InChI=1S/C14H20N2O4S/c1-3-20-14(18)12-15-10(9-21-12)8-16-7-5-4-6-11(16)13(17)19-2/h9,11H,3-8H2,1-2H3/t11-/m1/s1. The van der Waals surface area contributed by atoms with Gasteiger partial charge in [-0.3, -0.25) is 9.69 Å². The van der Waals surface area contributed by atoms with Crippen molar-refractivity contribution in [2.45, 2.75) is 38.8 Å². The van der Waals surface area contributed by atoms with Gasteiger partial charge in [-0.15, -0.1) is 11.3 Å². The number of aromatic nitrogens is 1. The summed E-state index contributed by atoms with van der Waals surface area (Å²) in [4.78, 5) is 29.8. The van der Waals surface area contributed by atoms with Crippen LogP contribution in [0.4, 0.5) is 0 Å². The number of esters is 2. The third kappa shape index (κ3) is 4.01. The number of rotatable bonds is 5. The highest BCUT2D eigenvalue weighted by molar-refractivity contribution is 7.11. The molecule has 1 saturated heterocycles. The molecule has 0 aliphatic carbocycles. The summed E-state index contributed by atoms with van der Waals surface area (Å²) in [6.07, 6.45) is 2.89. The van der Waals surface area contributed by atoms with E-state index in [2.05, 4.69) is 9.88 Å². The molecule has 0 unspecified atom stereocenters. The zero-order chi connectivity index (χ0) is 15.2. The first-order valence-electron chi connectivity index (χ1n) is 7.09. The molecule has 2 heterocycles. The van der Waals surface area contributed by atoms with Crippen LogP contribution in [-0.4, -0.2) is 48.1 Å². The fraction of sp³-hybridized carbons (Fsp3) is 0.643. The quantitative estimate of drug-likeness (QED) is 0.773. The molecule has 0 radical (unpaired) electrons. The second-order valence-electron chi connectivity index (χ2n) is 4.87. The number of likely N-dealkylation sites (tertiary alicyclic amines) is 1. The number of piperidine rings is 1. The van der Waals surface area contributed by atoms with Crippen LogP contribution in [0.1, 0.15) is 41.7 Å². The molecule has 7 heteroatoms. The topological polar surface area (TPSA) is 68.7 Å². The fourth-order valence-electron chi connectivity index (χ4n) is 2.46. The summed E-state index contributed by atoms with van der Waals surface area (Å²) in [6, 6.07) is -0.212. The Morgan fingerprint density at radius 3 is 3.00 bits per heavy atom. The van der Waals surface area contributed by atoms with Crippen molar-refractivity contribution >= 4 is 23.3 Å². The number of nitrogens with zero attached hydrogens (tertiary/aromatic N) is 2. The molecule has 0 bridgehead atoms. The van der Waals surface area contributed by atoms with Gasteiger partial charge in [0.2, 0.25) is 5.01 Å². The molecule has 2 rings (SSSR count). The maximum Gasteiger partial charge on any atom is 0.367 e. The van der Waals surface area contributed by atoms with E-state index >= 15 is 0 Å². The van der Waals surface area contributed by atoms with E-state index in [1.54, 1.807) is 6.92 Å². The van der Waals surface area contributed by atoms with Crippen LogP contribution in [0.5, 0.6) is 0 Å².